The molecule has 0 saturated carbocycles. The van der Waals surface area contributed by atoms with Crippen molar-refractivity contribution in [1.82, 2.24) is 14.9 Å². The molecule has 1 N–H and O–H groups in total. The molecule has 1 aromatic heterocycles. The number of ether oxygens (including phenoxy) is 1. The summed E-state index contributed by atoms with van der Waals surface area (Å²) in [6, 6.07) is 0.0332. The molecule has 2 heterocycles. The maximum Gasteiger partial charge on any atom is 0.410 e. The smallest absolute Gasteiger partial charge is 0.410 e. The molecule has 7 nitrogen and oxygen atoms in total. The number of carbonyl (C=O) groups is 2. The fourth-order valence-corrected chi connectivity index (χ4v) is 2.58. The summed E-state index contributed by atoms with van der Waals surface area (Å²) in [7, 11) is 0. The van der Waals surface area contributed by atoms with Gasteiger partial charge in [0.05, 0.1) is 5.56 Å². The van der Waals surface area contributed by atoms with Crippen LogP contribution in [0.1, 0.15) is 37.6 Å². The minimum Gasteiger partial charge on any atom is -0.444 e. The van der Waals surface area contributed by atoms with Crippen molar-refractivity contribution in [2.45, 2.75) is 44.0 Å². The summed E-state index contributed by atoms with van der Waals surface area (Å²) in [6.45, 7) is 6.67. The van der Waals surface area contributed by atoms with Crippen molar-refractivity contribution in [3.8, 4) is 0 Å². The zero-order valence-electron chi connectivity index (χ0n) is 13.8. The van der Waals surface area contributed by atoms with Gasteiger partial charge in [-0.05, 0) is 33.4 Å². The Bertz CT molecular complexity index is 589. The molecule has 126 valence electrons. The molecule has 0 aromatic carbocycles. The summed E-state index contributed by atoms with van der Waals surface area (Å²) in [5.74, 6) is 0.510. The summed E-state index contributed by atoms with van der Waals surface area (Å²) in [6.07, 6.45) is 4.57. The van der Waals surface area contributed by atoms with Crippen LogP contribution in [0.4, 0.5) is 10.6 Å². The number of aromatic nitrogens is 2. The molecule has 1 fully saturated rings. The molecule has 23 heavy (non-hydrogen) atoms. The molecule has 1 aliphatic heterocycles. The highest BCUT2D eigenvalue weighted by Gasteiger charge is 2.30. The van der Waals surface area contributed by atoms with E-state index in [-0.39, 0.29) is 12.1 Å². The third kappa shape index (κ3) is 4.82. The van der Waals surface area contributed by atoms with Crippen LogP contribution in [0.5, 0.6) is 0 Å². The highest BCUT2D eigenvalue weighted by Crippen LogP contribution is 2.20. The van der Waals surface area contributed by atoms with Gasteiger partial charge in [0.2, 0.25) is 0 Å². The first kappa shape index (κ1) is 17.5. The number of nitrogens with one attached hydrogen (secondary N) is 1. The summed E-state index contributed by atoms with van der Waals surface area (Å²) >= 11 is 1.41. The number of aldehydes is 1. The number of carbonyl (C=O) groups excluding carboxylic acids is 2. The van der Waals surface area contributed by atoms with Crippen LogP contribution in [-0.2, 0) is 4.74 Å². The number of hydrogen-bond donors (Lipinski definition) is 1. The monoisotopic (exact) mass is 338 g/mol. The molecule has 1 aromatic rings. The van der Waals surface area contributed by atoms with E-state index in [4.69, 9.17) is 4.74 Å². The van der Waals surface area contributed by atoms with Crippen molar-refractivity contribution in [1.29, 1.82) is 0 Å². The molecule has 1 amide bonds. The summed E-state index contributed by atoms with van der Waals surface area (Å²) < 4.78 is 5.38. The van der Waals surface area contributed by atoms with Crippen molar-refractivity contribution in [2.24, 2.45) is 0 Å². The van der Waals surface area contributed by atoms with E-state index in [0.29, 0.717) is 29.6 Å². The van der Waals surface area contributed by atoms with E-state index in [1.165, 1.54) is 18.0 Å². The van der Waals surface area contributed by atoms with E-state index >= 15 is 0 Å². The summed E-state index contributed by atoms with van der Waals surface area (Å²) in [5.41, 5.74) is -0.0915. The Morgan fingerprint density at radius 1 is 1.52 bits per heavy atom. The lowest BCUT2D eigenvalue weighted by molar-refractivity contribution is 0.0293. The molecule has 1 aliphatic rings. The molecular formula is C15H22N4O3S. The van der Waals surface area contributed by atoms with Crippen LogP contribution in [0.3, 0.4) is 0 Å². The highest BCUT2D eigenvalue weighted by molar-refractivity contribution is 7.98. The first-order valence-electron chi connectivity index (χ1n) is 7.43. The van der Waals surface area contributed by atoms with Crippen molar-refractivity contribution in [3.63, 3.8) is 0 Å². The van der Waals surface area contributed by atoms with E-state index in [1.54, 1.807) is 4.90 Å². The topological polar surface area (TPSA) is 84.4 Å². The Labute approximate surface area is 140 Å². The van der Waals surface area contributed by atoms with Gasteiger partial charge in [-0.2, -0.15) is 0 Å². The minimum absolute atomic E-state index is 0.0332. The second kappa shape index (κ2) is 7.16. The Morgan fingerprint density at radius 2 is 2.26 bits per heavy atom. The lowest BCUT2D eigenvalue weighted by atomic mass is 10.2. The number of hydrogen-bond acceptors (Lipinski definition) is 7. The van der Waals surface area contributed by atoms with Gasteiger partial charge in [0.1, 0.15) is 11.4 Å². The standard InChI is InChI=1S/C15H22N4O3S/c1-15(2,3)22-14(21)19-6-5-11(8-19)17-12-10(9-20)7-16-13(18-12)23-4/h7,9,11H,5-6,8H2,1-4H3,(H,16,17,18)/t11-/m0/s1. The average molecular weight is 338 g/mol. The van der Waals surface area contributed by atoms with Crippen molar-refractivity contribution in [2.75, 3.05) is 24.7 Å². The molecule has 1 atom stereocenters. The van der Waals surface area contributed by atoms with Crippen LogP contribution in [0.25, 0.3) is 0 Å². The van der Waals surface area contributed by atoms with Gasteiger partial charge in [-0.3, -0.25) is 4.79 Å². The van der Waals surface area contributed by atoms with Crippen LogP contribution in [0.2, 0.25) is 0 Å². The molecular weight excluding hydrogens is 316 g/mol. The summed E-state index contributed by atoms with van der Waals surface area (Å²) in [4.78, 5) is 33.3. The van der Waals surface area contributed by atoms with Crippen LogP contribution < -0.4 is 5.32 Å². The lowest BCUT2D eigenvalue weighted by Crippen LogP contribution is -2.36. The number of nitrogens with zero attached hydrogens (tertiary/aromatic N) is 3. The molecule has 8 heteroatoms. The first-order chi connectivity index (χ1) is 10.8. The predicted molar refractivity (Wildman–Crippen MR) is 89.0 cm³/mol. The van der Waals surface area contributed by atoms with Gasteiger partial charge < -0.3 is 15.0 Å². The minimum atomic E-state index is -0.507. The Hall–Kier alpha value is -1.83. The van der Waals surface area contributed by atoms with E-state index in [9.17, 15) is 9.59 Å². The molecule has 0 spiro atoms. The van der Waals surface area contributed by atoms with Gasteiger partial charge >= 0.3 is 6.09 Å². The zero-order chi connectivity index (χ0) is 17.0. The van der Waals surface area contributed by atoms with E-state index in [2.05, 4.69) is 15.3 Å². The maximum atomic E-state index is 12.1. The SMILES string of the molecule is CSc1ncc(C=O)c(N[C@H]2CCN(C(=O)OC(C)(C)C)C2)n1. The number of anilines is 1. The van der Waals surface area contributed by atoms with Crippen LogP contribution >= 0.6 is 11.8 Å². The molecule has 2 rings (SSSR count). The zero-order valence-corrected chi connectivity index (χ0v) is 14.6. The molecule has 0 unspecified atom stereocenters. The Balaban J connectivity index is 2.00. The second-order valence-corrected chi connectivity index (χ2v) is 7.11. The fourth-order valence-electron chi connectivity index (χ4n) is 2.24. The number of rotatable bonds is 4. The summed E-state index contributed by atoms with van der Waals surface area (Å²) in [5, 5.41) is 3.83. The molecule has 1 saturated heterocycles. The van der Waals surface area contributed by atoms with Gasteiger partial charge in [0, 0.05) is 25.3 Å². The number of amides is 1. The van der Waals surface area contributed by atoms with E-state index < -0.39 is 5.60 Å². The van der Waals surface area contributed by atoms with Gasteiger partial charge in [0.15, 0.2) is 11.4 Å². The second-order valence-electron chi connectivity index (χ2n) is 6.33. The molecule has 0 aliphatic carbocycles. The van der Waals surface area contributed by atoms with Crippen molar-refractivity contribution >= 4 is 30.0 Å². The predicted octanol–water partition coefficient (Wildman–Crippen LogP) is 2.43. The van der Waals surface area contributed by atoms with Crippen molar-refractivity contribution < 1.29 is 14.3 Å². The van der Waals surface area contributed by atoms with Gasteiger partial charge in [-0.1, -0.05) is 11.8 Å². The largest absolute Gasteiger partial charge is 0.444 e. The van der Waals surface area contributed by atoms with E-state index in [0.717, 1.165) is 12.7 Å². The third-order valence-electron chi connectivity index (χ3n) is 3.29. The van der Waals surface area contributed by atoms with Crippen LogP contribution in [-0.4, -0.2) is 58.2 Å². The molecule has 0 bridgehead atoms. The first-order valence-corrected chi connectivity index (χ1v) is 8.65. The highest BCUT2D eigenvalue weighted by atomic mass is 32.2. The van der Waals surface area contributed by atoms with Gasteiger partial charge in [-0.25, -0.2) is 14.8 Å². The maximum absolute atomic E-state index is 12.1. The number of likely N-dealkylation sites (tertiary alicyclic amines) is 1. The van der Waals surface area contributed by atoms with Gasteiger partial charge in [-0.15, -0.1) is 0 Å². The third-order valence-corrected chi connectivity index (χ3v) is 3.85. The average Bonchev–Trinajstić information content (AvgIpc) is 2.94. The Kier molecular flexibility index (Phi) is 5.46. The lowest BCUT2D eigenvalue weighted by Gasteiger charge is -2.24. The van der Waals surface area contributed by atoms with Crippen molar-refractivity contribution in [3.05, 3.63) is 11.8 Å². The molecule has 0 radical (unpaired) electrons. The quantitative estimate of drug-likeness (QED) is 0.513. The number of thioether (sulfide) groups is 1. The van der Waals surface area contributed by atoms with E-state index in [1.807, 2.05) is 27.0 Å². The van der Waals surface area contributed by atoms with Crippen LogP contribution in [0.15, 0.2) is 11.4 Å². The normalized spacial score (nSPS) is 17.9. The fraction of sp³-hybridized carbons (Fsp3) is 0.600. The Morgan fingerprint density at radius 3 is 2.87 bits per heavy atom. The van der Waals surface area contributed by atoms with Crippen LogP contribution in [0, 0.1) is 0 Å². The van der Waals surface area contributed by atoms with Gasteiger partial charge in [0.25, 0.3) is 0 Å².